The van der Waals surface area contributed by atoms with E-state index in [0.29, 0.717) is 12.1 Å². The van der Waals surface area contributed by atoms with Gasteiger partial charge >= 0.3 is 0 Å². The second-order valence-corrected chi connectivity index (χ2v) is 5.04. The zero-order valence-corrected chi connectivity index (χ0v) is 11.1. The highest BCUT2D eigenvalue weighted by Crippen LogP contribution is 2.28. The largest absolute Gasteiger partial charge is 0.367 e. The molecule has 0 fully saturated rings. The Morgan fingerprint density at radius 3 is 2.85 bits per heavy atom. The lowest BCUT2D eigenvalue weighted by atomic mass is 10.0. The van der Waals surface area contributed by atoms with E-state index in [2.05, 4.69) is 17.0 Å². The smallest absolute Gasteiger partial charge is 0.145 e. The third-order valence-corrected chi connectivity index (χ3v) is 3.77. The third kappa shape index (κ3) is 2.25. The number of hydrogen-bond acceptors (Lipinski definition) is 2. The van der Waals surface area contributed by atoms with Crippen LogP contribution >= 0.6 is 0 Å². The normalized spacial score (nSPS) is 13.7. The Morgan fingerprint density at radius 1 is 1.15 bits per heavy atom. The number of para-hydroxylation sites is 1. The molecule has 0 N–H and O–H groups in total. The van der Waals surface area contributed by atoms with Gasteiger partial charge in [0.1, 0.15) is 11.9 Å². The number of aryl methyl sites for hydroxylation is 1. The summed E-state index contributed by atoms with van der Waals surface area (Å²) in [6.07, 6.45) is 2.16. The monoisotopic (exact) mass is 266 g/mol. The highest BCUT2D eigenvalue weighted by molar-refractivity contribution is 5.56. The van der Waals surface area contributed by atoms with Crippen LogP contribution < -0.4 is 4.90 Å². The molecule has 0 aromatic heterocycles. The molecule has 20 heavy (non-hydrogen) atoms. The number of anilines is 1. The van der Waals surface area contributed by atoms with Crippen molar-refractivity contribution in [1.29, 1.82) is 5.26 Å². The van der Waals surface area contributed by atoms with Crippen molar-refractivity contribution in [2.45, 2.75) is 19.4 Å². The minimum Gasteiger partial charge on any atom is -0.367 e. The highest BCUT2D eigenvalue weighted by atomic mass is 19.1. The first-order valence-electron chi connectivity index (χ1n) is 6.80. The molecule has 1 heterocycles. The van der Waals surface area contributed by atoms with Gasteiger partial charge in [0.2, 0.25) is 0 Å². The van der Waals surface area contributed by atoms with Gasteiger partial charge in [0.05, 0.1) is 5.56 Å². The molecule has 0 aliphatic carbocycles. The van der Waals surface area contributed by atoms with Gasteiger partial charge in [0.25, 0.3) is 0 Å². The summed E-state index contributed by atoms with van der Waals surface area (Å²) in [5.41, 5.74) is 3.20. The lowest BCUT2D eigenvalue weighted by molar-refractivity contribution is 0.594. The second kappa shape index (κ2) is 5.34. The Morgan fingerprint density at radius 2 is 2.00 bits per heavy atom. The molecule has 0 amide bonds. The Hall–Kier alpha value is -2.34. The van der Waals surface area contributed by atoms with Crippen LogP contribution in [-0.2, 0) is 13.0 Å². The molecular formula is C17H15FN2. The lowest BCUT2D eigenvalue weighted by Crippen LogP contribution is -2.29. The first kappa shape index (κ1) is 12.7. The zero-order chi connectivity index (χ0) is 13.9. The van der Waals surface area contributed by atoms with E-state index >= 15 is 0 Å². The molecule has 2 aromatic rings. The molecule has 0 unspecified atom stereocenters. The minimum absolute atomic E-state index is 0.118. The summed E-state index contributed by atoms with van der Waals surface area (Å²) < 4.78 is 14.2. The van der Waals surface area contributed by atoms with E-state index in [1.165, 1.54) is 17.3 Å². The Labute approximate surface area is 118 Å². The maximum atomic E-state index is 14.2. The van der Waals surface area contributed by atoms with E-state index in [9.17, 15) is 4.39 Å². The molecule has 1 aliphatic heterocycles. The topological polar surface area (TPSA) is 27.0 Å². The van der Waals surface area contributed by atoms with Crippen molar-refractivity contribution >= 4 is 5.69 Å². The number of nitrogens with zero attached hydrogens (tertiary/aromatic N) is 2. The molecule has 2 aromatic carbocycles. The van der Waals surface area contributed by atoms with E-state index in [-0.39, 0.29) is 5.56 Å². The van der Waals surface area contributed by atoms with Gasteiger partial charge in [-0.1, -0.05) is 30.3 Å². The molecule has 2 nitrogen and oxygen atoms in total. The summed E-state index contributed by atoms with van der Waals surface area (Å²) in [6, 6.07) is 15.2. The van der Waals surface area contributed by atoms with Crippen LogP contribution in [0.25, 0.3) is 0 Å². The van der Waals surface area contributed by atoms with Crippen molar-refractivity contribution in [3.8, 4) is 6.07 Å². The fourth-order valence-corrected chi connectivity index (χ4v) is 2.77. The summed E-state index contributed by atoms with van der Waals surface area (Å²) in [7, 11) is 0. The van der Waals surface area contributed by atoms with Crippen molar-refractivity contribution in [2.24, 2.45) is 0 Å². The summed E-state index contributed by atoms with van der Waals surface area (Å²) in [5, 5.41) is 8.90. The lowest BCUT2D eigenvalue weighted by Gasteiger charge is -2.31. The Bertz CT molecular complexity index is 673. The SMILES string of the molecule is N#Cc1cccc(CN2CCCc3ccccc32)c1F. The van der Waals surface area contributed by atoms with Crippen LogP contribution in [0.2, 0.25) is 0 Å². The predicted molar refractivity (Wildman–Crippen MR) is 76.9 cm³/mol. The van der Waals surface area contributed by atoms with Crippen molar-refractivity contribution in [3.05, 3.63) is 65.0 Å². The maximum Gasteiger partial charge on any atom is 0.145 e. The summed E-state index contributed by atoms with van der Waals surface area (Å²) in [6.45, 7) is 1.44. The van der Waals surface area contributed by atoms with Crippen LogP contribution in [0.15, 0.2) is 42.5 Å². The van der Waals surface area contributed by atoms with Crippen LogP contribution in [0, 0.1) is 17.1 Å². The number of fused-ring (bicyclic) bond motifs is 1. The van der Waals surface area contributed by atoms with Crippen molar-refractivity contribution in [1.82, 2.24) is 0 Å². The molecule has 0 saturated carbocycles. The molecular weight excluding hydrogens is 251 g/mol. The molecule has 0 saturated heterocycles. The third-order valence-electron chi connectivity index (χ3n) is 3.77. The Kier molecular flexibility index (Phi) is 3.39. The first-order chi connectivity index (χ1) is 9.79. The van der Waals surface area contributed by atoms with Gasteiger partial charge in [-0.15, -0.1) is 0 Å². The zero-order valence-electron chi connectivity index (χ0n) is 11.1. The van der Waals surface area contributed by atoms with Gasteiger partial charge in [0.15, 0.2) is 0 Å². The average Bonchev–Trinajstić information content (AvgIpc) is 2.50. The van der Waals surface area contributed by atoms with Crippen molar-refractivity contribution < 1.29 is 4.39 Å². The molecule has 3 rings (SSSR count). The van der Waals surface area contributed by atoms with E-state index in [1.54, 1.807) is 12.1 Å². The number of benzene rings is 2. The van der Waals surface area contributed by atoms with E-state index < -0.39 is 5.82 Å². The molecule has 100 valence electrons. The molecule has 0 bridgehead atoms. The minimum atomic E-state index is -0.391. The molecule has 1 aliphatic rings. The van der Waals surface area contributed by atoms with Crippen LogP contribution in [-0.4, -0.2) is 6.54 Å². The van der Waals surface area contributed by atoms with Crippen LogP contribution in [0.5, 0.6) is 0 Å². The van der Waals surface area contributed by atoms with E-state index in [1.807, 2.05) is 18.2 Å². The number of rotatable bonds is 2. The van der Waals surface area contributed by atoms with Crippen molar-refractivity contribution in [2.75, 3.05) is 11.4 Å². The van der Waals surface area contributed by atoms with Crippen LogP contribution in [0.4, 0.5) is 10.1 Å². The number of nitriles is 1. The first-order valence-corrected chi connectivity index (χ1v) is 6.80. The number of hydrogen-bond donors (Lipinski definition) is 0. The van der Waals surface area contributed by atoms with E-state index in [0.717, 1.165) is 19.4 Å². The fourth-order valence-electron chi connectivity index (χ4n) is 2.77. The average molecular weight is 266 g/mol. The molecule has 0 atom stereocenters. The van der Waals surface area contributed by atoms with Crippen LogP contribution in [0.1, 0.15) is 23.1 Å². The highest BCUT2D eigenvalue weighted by Gasteiger charge is 2.18. The van der Waals surface area contributed by atoms with Crippen LogP contribution in [0.3, 0.4) is 0 Å². The quantitative estimate of drug-likeness (QED) is 0.829. The Balaban J connectivity index is 1.92. The van der Waals surface area contributed by atoms with Gasteiger partial charge in [-0.3, -0.25) is 0 Å². The van der Waals surface area contributed by atoms with E-state index in [4.69, 9.17) is 5.26 Å². The van der Waals surface area contributed by atoms with Gasteiger partial charge in [-0.05, 0) is 30.5 Å². The fraction of sp³-hybridized carbons (Fsp3) is 0.235. The van der Waals surface area contributed by atoms with Gasteiger partial charge in [-0.2, -0.15) is 5.26 Å². The molecule has 0 spiro atoms. The summed E-state index contributed by atoms with van der Waals surface area (Å²) >= 11 is 0. The maximum absolute atomic E-state index is 14.2. The standard InChI is InChI=1S/C17H15FN2/c18-17-14(11-19)6-3-7-15(17)12-20-10-4-8-13-5-1-2-9-16(13)20/h1-3,5-7,9H,4,8,10,12H2. The van der Waals surface area contributed by atoms with Crippen molar-refractivity contribution in [3.63, 3.8) is 0 Å². The molecule has 3 heteroatoms. The van der Waals surface area contributed by atoms with Gasteiger partial charge in [-0.25, -0.2) is 4.39 Å². The second-order valence-electron chi connectivity index (χ2n) is 5.04. The molecule has 0 radical (unpaired) electrons. The van der Waals surface area contributed by atoms with Gasteiger partial charge < -0.3 is 4.90 Å². The number of halogens is 1. The van der Waals surface area contributed by atoms with Gasteiger partial charge in [0, 0.05) is 24.3 Å². The predicted octanol–water partition coefficient (Wildman–Crippen LogP) is 3.65. The summed E-state index contributed by atoms with van der Waals surface area (Å²) in [4.78, 5) is 2.19. The summed E-state index contributed by atoms with van der Waals surface area (Å²) in [5.74, 6) is -0.391.